The molecule has 0 amide bonds. The normalized spacial score (nSPS) is 13.5. The Labute approximate surface area is 348 Å². The molecule has 10 rings (SSSR count). The van der Waals surface area contributed by atoms with E-state index in [0.29, 0.717) is 23.1 Å². The maximum Gasteiger partial charge on any atom is 0.160 e. The first-order valence-corrected chi connectivity index (χ1v) is 19.9. The third-order valence-electron chi connectivity index (χ3n) is 10.8. The molecule has 1 N–H and O–H groups in total. The van der Waals surface area contributed by atoms with Gasteiger partial charge in [-0.05, 0) is 63.7 Å². The fourth-order valence-electron chi connectivity index (χ4n) is 7.88. The first-order chi connectivity index (χ1) is 29.7. The zero-order valence-corrected chi connectivity index (χ0v) is 32.4. The second-order valence-electron chi connectivity index (χ2n) is 14.6. The van der Waals surface area contributed by atoms with Gasteiger partial charge in [0, 0.05) is 33.2 Å². The van der Waals surface area contributed by atoms with Gasteiger partial charge in [-0.15, -0.1) is 0 Å². The van der Waals surface area contributed by atoms with E-state index < -0.39 is 6.17 Å². The third kappa shape index (κ3) is 7.13. The Balaban J connectivity index is 1.05. The topological polar surface area (TPSA) is 86.3 Å². The van der Waals surface area contributed by atoms with E-state index in [1.54, 1.807) is 0 Å². The molecule has 9 aromatic rings. The zero-order valence-electron chi connectivity index (χ0n) is 32.4. The first-order valence-electron chi connectivity index (χ1n) is 19.9. The standard InChI is InChI=1S/C54H36N6/c55-35-36-16-13-21-39(32-36)40-22-14-24-42(33-40)53-58-51(38-19-5-2-6-20-38)59-54(60-53)47-29-10-9-28-46(47)45-27-8-7-26-44(45)41-23-15-25-43(34-41)52-56-49-31-12-11-30-48(49)50(57-52)37-17-3-1-4-18-37/h1-34,54H,(H,58,59,60). The summed E-state index contributed by atoms with van der Waals surface area (Å²) in [5, 5.41) is 14.3. The van der Waals surface area contributed by atoms with Crippen molar-refractivity contribution in [2.24, 2.45) is 9.98 Å². The summed E-state index contributed by atoms with van der Waals surface area (Å²) in [6.07, 6.45) is -0.448. The molecular weight excluding hydrogens is 733 g/mol. The van der Waals surface area contributed by atoms with Crippen LogP contribution < -0.4 is 5.32 Å². The van der Waals surface area contributed by atoms with Crippen LogP contribution in [0.5, 0.6) is 0 Å². The Morgan fingerprint density at radius 3 is 1.83 bits per heavy atom. The van der Waals surface area contributed by atoms with Crippen LogP contribution in [-0.2, 0) is 0 Å². The first kappa shape index (κ1) is 36.1. The van der Waals surface area contributed by atoms with Crippen LogP contribution in [0.15, 0.2) is 216 Å². The van der Waals surface area contributed by atoms with Crippen LogP contribution in [0.3, 0.4) is 0 Å². The third-order valence-corrected chi connectivity index (χ3v) is 10.8. The largest absolute Gasteiger partial charge is 0.344 e. The van der Waals surface area contributed by atoms with Gasteiger partial charge in [-0.2, -0.15) is 5.26 Å². The van der Waals surface area contributed by atoms with Crippen molar-refractivity contribution in [1.29, 1.82) is 5.26 Å². The van der Waals surface area contributed by atoms with Gasteiger partial charge in [0.05, 0.1) is 22.8 Å². The number of hydrogen-bond acceptors (Lipinski definition) is 6. The Bertz CT molecular complexity index is 3150. The number of para-hydroxylation sites is 1. The van der Waals surface area contributed by atoms with E-state index in [1.165, 1.54) is 0 Å². The molecule has 8 aromatic carbocycles. The van der Waals surface area contributed by atoms with Gasteiger partial charge >= 0.3 is 0 Å². The highest BCUT2D eigenvalue weighted by atomic mass is 15.2. The van der Waals surface area contributed by atoms with Gasteiger partial charge in [0.1, 0.15) is 12.0 Å². The molecule has 0 saturated heterocycles. The molecule has 0 saturated carbocycles. The fraction of sp³-hybridized carbons (Fsp3) is 0.0185. The summed E-state index contributed by atoms with van der Waals surface area (Å²) in [5.41, 5.74) is 13.5. The summed E-state index contributed by atoms with van der Waals surface area (Å²) in [5.74, 6) is 2.04. The van der Waals surface area contributed by atoms with Crippen LogP contribution in [0.1, 0.15) is 28.4 Å². The highest BCUT2D eigenvalue weighted by molar-refractivity contribution is 6.13. The summed E-state index contributed by atoms with van der Waals surface area (Å²) < 4.78 is 0. The Kier molecular flexibility index (Phi) is 9.59. The lowest BCUT2D eigenvalue weighted by Gasteiger charge is -2.26. The molecule has 0 radical (unpaired) electrons. The zero-order chi connectivity index (χ0) is 40.3. The molecule has 1 unspecified atom stereocenters. The highest BCUT2D eigenvalue weighted by Crippen LogP contribution is 2.39. The van der Waals surface area contributed by atoms with Crippen LogP contribution in [0.4, 0.5) is 0 Å². The lowest BCUT2D eigenvalue weighted by Crippen LogP contribution is -2.33. The van der Waals surface area contributed by atoms with Gasteiger partial charge in [0.2, 0.25) is 0 Å². The van der Waals surface area contributed by atoms with Crippen molar-refractivity contribution in [1.82, 2.24) is 15.3 Å². The molecule has 6 heteroatoms. The van der Waals surface area contributed by atoms with E-state index in [1.807, 2.05) is 91.0 Å². The lowest BCUT2D eigenvalue weighted by molar-refractivity contribution is 0.676. The molecule has 282 valence electrons. The fourth-order valence-corrected chi connectivity index (χ4v) is 7.88. The van der Waals surface area contributed by atoms with Crippen molar-refractivity contribution < 1.29 is 0 Å². The average molecular weight is 769 g/mol. The maximum atomic E-state index is 9.57. The van der Waals surface area contributed by atoms with Crippen molar-refractivity contribution in [3.8, 4) is 62.1 Å². The minimum atomic E-state index is -0.448. The summed E-state index contributed by atoms with van der Waals surface area (Å²) >= 11 is 0. The SMILES string of the molecule is N#Cc1cccc(-c2cccc(C3=NC(c4ccccc4)=NC(c4ccccc4-c4ccccc4-c4cccc(-c5nc(-c6ccccc6)c6ccccc6n5)c4)N3)c2)c1. The van der Waals surface area contributed by atoms with Crippen molar-refractivity contribution >= 4 is 22.6 Å². The molecule has 1 atom stereocenters. The number of benzene rings is 8. The van der Waals surface area contributed by atoms with Gasteiger partial charge in [0.15, 0.2) is 11.7 Å². The number of nitrogens with zero attached hydrogens (tertiary/aromatic N) is 5. The smallest absolute Gasteiger partial charge is 0.160 e. The minimum Gasteiger partial charge on any atom is -0.344 e. The van der Waals surface area contributed by atoms with E-state index in [-0.39, 0.29) is 0 Å². The predicted octanol–water partition coefficient (Wildman–Crippen LogP) is 12.3. The lowest BCUT2D eigenvalue weighted by atomic mass is 9.90. The molecule has 0 spiro atoms. The maximum absolute atomic E-state index is 9.57. The van der Waals surface area contributed by atoms with Crippen LogP contribution in [-0.4, -0.2) is 21.6 Å². The monoisotopic (exact) mass is 768 g/mol. The Morgan fingerprint density at radius 2 is 1.03 bits per heavy atom. The van der Waals surface area contributed by atoms with Crippen molar-refractivity contribution in [2.45, 2.75) is 6.17 Å². The minimum absolute atomic E-state index is 0.448. The molecule has 1 aliphatic rings. The van der Waals surface area contributed by atoms with Crippen LogP contribution >= 0.6 is 0 Å². The molecule has 60 heavy (non-hydrogen) atoms. The number of hydrogen-bond donors (Lipinski definition) is 1. The van der Waals surface area contributed by atoms with E-state index >= 15 is 0 Å². The number of rotatable bonds is 8. The van der Waals surface area contributed by atoms with Crippen LogP contribution in [0, 0.1) is 11.3 Å². The molecule has 0 aliphatic carbocycles. The van der Waals surface area contributed by atoms with E-state index in [4.69, 9.17) is 20.0 Å². The molecule has 2 heterocycles. The van der Waals surface area contributed by atoms with E-state index in [0.717, 1.165) is 77.8 Å². The number of nitrogens with one attached hydrogen (secondary N) is 1. The molecule has 1 aliphatic heterocycles. The Morgan fingerprint density at radius 1 is 0.450 bits per heavy atom. The van der Waals surface area contributed by atoms with Gasteiger partial charge in [0.25, 0.3) is 0 Å². The summed E-state index contributed by atoms with van der Waals surface area (Å²) in [4.78, 5) is 20.6. The van der Waals surface area contributed by atoms with Gasteiger partial charge in [-0.3, -0.25) is 0 Å². The van der Waals surface area contributed by atoms with E-state index in [9.17, 15) is 5.26 Å². The number of nitriles is 1. The number of aliphatic imine (C=N–C) groups is 2. The van der Waals surface area contributed by atoms with Gasteiger partial charge < -0.3 is 5.32 Å². The molecule has 0 fully saturated rings. The summed E-state index contributed by atoms with van der Waals surface area (Å²) in [6, 6.07) is 72.3. The van der Waals surface area contributed by atoms with Crippen LogP contribution in [0.25, 0.3) is 66.9 Å². The number of aromatic nitrogens is 2. The summed E-state index contributed by atoms with van der Waals surface area (Å²) in [6.45, 7) is 0. The van der Waals surface area contributed by atoms with Gasteiger partial charge in [-0.25, -0.2) is 20.0 Å². The van der Waals surface area contributed by atoms with Crippen molar-refractivity contribution in [2.75, 3.05) is 0 Å². The second kappa shape index (κ2) is 15.9. The summed E-state index contributed by atoms with van der Waals surface area (Å²) in [7, 11) is 0. The predicted molar refractivity (Wildman–Crippen MR) is 243 cm³/mol. The number of amidine groups is 2. The van der Waals surface area contributed by atoms with Crippen molar-refractivity contribution in [3.05, 3.63) is 229 Å². The molecular formula is C54H36N6. The molecule has 0 bridgehead atoms. The average Bonchev–Trinajstić information content (AvgIpc) is 3.34. The molecule has 1 aromatic heterocycles. The van der Waals surface area contributed by atoms with Crippen molar-refractivity contribution in [3.63, 3.8) is 0 Å². The number of fused-ring (bicyclic) bond motifs is 1. The highest BCUT2D eigenvalue weighted by Gasteiger charge is 2.25. The Hall–Kier alpha value is -8.27. The second-order valence-corrected chi connectivity index (χ2v) is 14.6. The van der Waals surface area contributed by atoms with Crippen LogP contribution in [0.2, 0.25) is 0 Å². The van der Waals surface area contributed by atoms with Gasteiger partial charge in [-0.1, -0.05) is 176 Å². The quantitative estimate of drug-likeness (QED) is 0.167. The molecule has 6 nitrogen and oxygen atoms in total. The van der Waals surface area contributed by atoms with E-state index in [2.05, 4.69) is 127 Å².